The number of hydrogen-bond donors (Lipinski definition) is 0. The summed E-state index contributed by atoms with van der Waals surface area (Å²) in [6.07, 6.45) is 5.90. The van der Waals surface area contributed by atoms with Gasteiger partial charge in [-0.15, -0.1) is 0 Å². The molecule has 0 N–H and O–H groups in total. The van der Waals surface area contributed by atoms with Crippen molar-refractivity contribution in [2.45, 2.75) is 51.2 Å². The highest BCUT2D eigenvalue weighted by Gasteiger charge is 2.48. The van der Waals surface area contributed by atoms with Crippen LogP contribution in [-0.4, -0.2) is 36.7 Å². The van der Waals surface area contributed by atoms with Gasteiger partial charge in [-0.25, -0.2) is 0 Å². The summed E-state index contributed by atoms with van der Waals surface area (Å²) in [6, 6.07) is 0. The summed E-state index contributed by atoms with van der Waals surface area (Å²) in [5.41, 5.74) is 0.509. The Labute approximate surface area is 87.6 Å². The van der Waals surface area contributed by atoms with Gasteiger partial charge in [-0.3, -0.25) is 4.90 Å². The second-order valence-electron chi connectivity index (χ2n) is 5.43. The molecule has 1 unspecified atom stereocenters. The lowest BCUT2D eigenvalue weighted by Crippen LogP contribution is -2.39. The molecule has 0 bridgehead atoms. The largest absolute Gasteiger partial charge is 0.380 e. The molecule has 2 aliphatic rings. The van der Waals surface area contributed by atoms with E-state index in [0.717, 1.165) is 5.92 Å². The Kier molecular flexibility index (Phi) is 2.85. The van der Waals surface area contributed by atoms with Crippen LogP contribution in [0.4, 0.5) is 0 Å². The number of rotatable bonds is 3. The van der Waals surface area contributed by atoms with Crippen molar-refractivity contribution in [3.8, 4) is 0 Å². The average molecular weight is 197 g/mol. The molecular weight excluding hydrogens is 174 g/mol. The molecule has 0 aromatic rings. The summed E-state index contributed by atoms with van der Waals surface area (Å²) in [7, 11) is 1.86. The second kappa shape index (κ2) is 3.82. The van der Waals surface area contributed by atoms with Gasteiger partial charge in [-0.05, 0) is 38.1 Å². The Morgan fingerprint density at radius 1 is 1.50 bits per heavy atom. The van der Waals surface area contributed by atoms with Crippen molar-refractivity contribution < 1.29 is 4.74 Å². The first kappa shape index (κ1) is 10.4. The van der Waals surface area contributed by atoms with E-state index in [1.54, 1.807) is 0 Å². The summed E-state index contributed by atoms with van der Waals surface area (Å²) in [6.45, 7) is 7.15. The van der Waals surface area contributed by atoms with Crippen LogP contribution in [0.3, 0.4) is 0 Å². The quantitative estimate of drug-likeness (QED) is 0.688. The van der Waals surface area contributed by atoms with Crippen molar-refractivity contribution in [3.05, 3.63) is 0 Å². The minimum absolute atomic E-state index is 0.494. The van der Waals surface area contributed by atoms with E-state index >= 15 is 0 Å². The lowest BCUT2D eigenvalue weighted by atomic mass is 9.85. The van der Waals surface area contributed by atoms with Gasteiger partial charge in [0.25, 0.3) is 0 Å². The SMILES string of the molecule is CO[C@@H]1CN2CCCC2(CC(C)C)C1. The maximum absolute atomic E-state index is 5.51. The summed E-state index contributed by atoms with van der Waals surface area (Å²) in [5.74, 6) is 0.811. The summed E-state index contributed by atoms with van der Waals surface area (Å²) < 4.78 is 5.51. The van der Waals surface area contributed by atoms with Crippen molar-refractivity contribution in [1.82, 2.24) is 4.90 Å². The van der Waals surface area contributed by atoms with Crippen LogP contribution < -0.4 is 0 Å². The summed E-state index contributed by atoms with van der Waals surface area (Å²) in [5, 5.41) is 0. The van der Waals surface area contributed by atoms with Gasteiger partial charge < -0.3 is 4.74 Å². The van der Waals surface area contributed by atoms with E-state index in [-0.39, 0.29) is 0 Å². The standard InChI is InChI=1S/C12H23NO/c1-10(2)7-12-5-4-6-13(12)9-11(8-12)14-3/h10-11H,4-9H2,1-3H3/t11-,12?/m0/s1. The molecule has 2 fully saturated rings. The lowest BCUT2D eigenvalue weighted by Gasteiger charge is -2.33. The molecule has 0 spiro atoms. The fraction of sp³-hybridized carbons (Fsp3) is 1.00. The Morgan fingerprint density at radius 2 is 2.29 bits per heavy atom. The highest BCUT2D eigenvalue weighted by molar-refractivity contribution is 5.03. The third kappa shape index (κ3) is 1.70. The van der Waals surface area contributed by atoms with Gasteiger partial charge in [0.05, 0.1) is 6.10 Å². The van der Waals surface area contributed by atoms with E-state index in [4.69, 9.17) is 4.74 Å². The van der Waals surface area contributed by atoms with Gasteiger partial charge >= 0.3 is 0 Å². The van der Waals surface area contributed by atoms with Crippen molar-refractivity contribution in [3.63, 3.8) is 0 Å². The molecule has 0 aromatic heterocycles. The lowest BCUT2D eigenvalue weighted by molar-refractivity contribution is 0.107. The predicted molar refractivity (Wildman–Crippen MR) is 58.4 cm³/mol. The number of ether oxygens (including phenoxy) is 1. The van der Waals surface area contributed by atoms with Gasteiger partial charge in [-0.1, -0.05) is 13.8 Å². The normalized spacial score (nSPS) is 38.1. The number of hydrogen-bond acceptors (Lipinski definition) is 2. The van der Waals surface area contributed by atoms with Crippen LogP contribution in [-0.2, 0) is 4.74 Å². The average Bonchev–Trinajstić information content (AvgIpc) is 2.58. The fourth-order valence-electron chi connectivity index (χ4n) is 3.48. The summed E-state index contributed by atoms with van der Waals surface area (Å²) >= 11 is 0. The Morgan fingerprint density at radius 3 is 2.93 bits per heavy atom. The van der Waals surface area contributed by atoms with Gasteiger partial charge in [0.15, 0.2) is 0 Å². The molecule has 0 saturated carbocycles. The third-order valence-electron chi connectivity index (χ3n) is 3.89. The van der Waals surface area contributed by atoms with Crippen LogP contribution in [0.5, 0.6) is 0 Å². The zero-order valence-electron chi connectivity index (χ0n) is 9.75. The molecule has 2 aliphatic heterocycles. The van der Waals surface area contributed by atoms with Crippen molar-refractivity contribution >= 4 is 0 Å². The van der Waals surface area contributed by atoms with E-state index in [9.17, 15) is 0 Å². The van der Waals surface area contributed by atoms with Crippen LogP contribution in [0.1, 0.15) is 39.5 Å². The highest BCUT2D eigenvalue weighted by Crippen LogP contribution is 2.43. The smallest absolute Gasteiger partial charge is 0.0716 e. The Balaban J connectivity index is 2.06. The monoisotopic (exact) mass is 197 g/mol. The third-order valence-corrected chi connectivity index (χ3v) is 3.89. The van der Waals surface area contributed by atoms with Gasteiger partial charge in [0, 0.05) is 19.2 Å². The number of fused-ring (bicyclic) bond motifs is 1. The van der Waals surface area contributed by atoms with Crippen molar-refractivity contribution in [1.29, 1.82) is 0 Å². The van der Waals surface area contributed by atoms with Crippen LogP contribution in [0.25, 0.3) is 0 Å². The molecule has 2 nitrogen and oxygen atoms in total. The molecule has 2 heterocycles. The van der Waals surface area contributed by atoms with Crippen LogP contribution in [0.2, 0.25) is 0 Å². The fourth-order valence-corrected chi connectivity index (χ4v) is 3.48. The van der Waals surface area contributed by atoms with Gasteiger partial charge in [-0.2, -0.15) is 0 Å². The maximum atomic E-state index is 5.51. The zero-order chi connectivity index (χ0) is 10.2. The van der Waals surface area contributed by atoms with Gasteiger partial charge in [0.1, 0.15) is 0 Å². The van der Waals surface area contributed by atoms with E-state index in [1.165, 1.54) is 38.8 Å². The van der Waals surface area contributed by atoms with Crippen molar-refractivity contribution in [2.75, 3.05) is 20.2 Å². The molecule has 14 heavy (non-hydrogen) atoms. The summed E-state index contributed by atoms with van der Waals surface area (Å²) in [4.78, 5) is 2.68. The predicted octanol–water partition coefficient (Wildman–Crippen LogP) is 2.29. The topological polar surface area (TPSA) is 12.5 Å². The molecule has 0 aliphatic carbocycles. The Hall–Kier alpha value is -0.0800. The maximum Gasteiger partial charge on any atom is 0.0716 e. The van der Waals surface area contributed by atoms with E-state index in [1.807, 2.05) is 7.11 Å². The molecular formula is C12H23NO. The molecule has 2 saturated heterocycles. The van der Waals surface area contributed by atoms with Crippen LogP contribution in [0, 0.1) is 5.92 Å². The first-order chi connectivity index (χ1) is 6.66. The minimum Gasteiger partial charge on any atom is -0.380 e. The molecule has 2 heteroatoms. The van der Waals surface area contributed by atoms with E-state index in [0.29, 0.717) is 11.6 Å². The second-order valence-corrected chi connectivity index (χ2v) is 5.43. The first-order valence-corrected chi connectivity index (χ1v) is 5.94. The molecule has 0 radical (unpaired) electrons. The number of methoxy groups -OCH3 is 1. The molecule has 2 rings (SSSR count). The molecule has 0 amide bonds. The van der Waals surface area contributed by atoms with E-state index in [2.05, 4.69) is 18.7 Å². The number of nitrogens with zero attached hydrogens (tertiary/aromatic N) is 1. The molecule has 2 atom stereocenters. The van der Waals surface area contributed by atoms with Gasteiger partial charge in [0.2, 0.25) is 0 Å². The molecule has 0 aromatic carbocycles. The Bertz CT molecular complexity index is 204. The van der Waals surface area contributed by atoms with Crippen molar-refractivity contribution in [2.24, 2.45) is 5.92 Å². The zero-order valence-corrected chi connectivity index (χ0v) is 9.75. The highest BCUT2D eigenvalue weighted by atomic mass is 16.5. The van der Waals surface area contributed by atoms with Crippen LogP contribution in [0.15, 0.2) is 0 Å². The van der Waals surface area contributed by atoms with E-state index < -0.39 is 0 Å². The van der Waals surface area contributed by atoms with Crippen LogP contribution >= 0.6 is 0 Å². The minimum atomic E-state index is 0.494. The molecule has 82 valence electrons. The first-order valence-electron chi connectivity index (χ1n) is 5.94.